The standard InChI is InChI=1S/C60H83N15O21S/c1-29(65-49(83)34(61)23-31-9-5-4-6-10-31)48(82)74-47-30(2)96-46(81)26-39-53(87)72-41(27-76)54(88)69-38(52(86)68-37(59(93)94)17-18-44(78)79)25-45(80)95-28-42(55(89)70-39)73-56(90)43-12-8-21-75(43)58(92)40(24-32-13-15-33(77)16-14-32)71-51(85)36(19-22-97-3)66-50(84)35(67-57(47)91)11-7-20-64-60(62)63/h4-6,9-10,13-16,29-30,34-43,47,76-77H,7-8,11-12,17-28,61H2,1-3H3,(H,65,83)(H,66,84)(H,67,91)(H,68,86)(H,69,88)(H,70,89)(H,71,85)(H,72,87)(H,73,90)(H,74,82)(H,78,79)(H,93,94)(H4,62,63,64)/t29?,30?,34-,35-,36-,37-,38-,39-,40-,41-,42-,43-,47?/m0/s1. The van der Waals surface area contributed by atoms with Crippen molar-refractivity contribution in [2.75, 3.05) is 38.3 Å². The highest BCUT2D eigenvalue weighted by molar-refractivity contribution is 7.98. The minimum Gasteiger partial charge on any atom is -0.508 e. The molecular formula is C60H83N15O21S. The molecule has 2 bridgehead atoms. The maximum Gasteiger partial charge on any atom is 0.326 e. The fourth-order valence-electron chi connectivity index (χ4n) is 10.2. The highest BCUT2D eigenvalue weighted by Gasteiger charge is 2.43. The Morgan fingerprint density at radius 2 is 1.34 bits per heavy atom. The summed E-state index contributed by atoms with van der Waals surface area (Å²) < 4.78 is 11.0. The highest BCUT2D eigenvalue weighted by atomic mass is 32.2. The Bertz CT molecular complexity index is 3230. The average Bonchev–Trinajstić information content (AvgIpc) is 1.78. The van der Waals surface area contributed by atoms with Gasteiger partial charge in [0.05, 0.1) is 25.5 Å². The lowest BCUT2D eigenvalue weighted by molar-refractivity contribution is -0.154. The first-order valence-electron chi connectivity index (χ1n) is 30.8. The van der Waals surface area contributed by atoms with Gasteiger partial charge in [-0.3, -0.25) is 72.1 Å². The van der Waals surface area contributed by atoms with Crippen LogP contribution in [0.15, 0.2) is 59.6 Å². The third-order valence-corrected chi connectivity index (χ3v) is 16.2. The fourth-order valence-corrected chi connectivity index (χ4v) is 10.7. The molecule has 0 saturated carbocycles. The van der Waals surface area contributed by atoms with Crippen LogP contribution in [0.1, 0.15) is 82.8 Å². The molecule has 37 heteroatoms. The Kier molecular flexibility index (Phi) is 30.2. The van der Waals surface area contributed by atoms with E-state index in [1.54, 1.807) is 36.6 Å². The van der Waals surface area contributed by atoms with Gasteiger partial charge in [-0.15, -0.1) is 0 Å². The molecular weight excluding hydrogens is 1300 g/mol. The van der Waals surface area contributed by atoms with E-state index >= 15 is 4.79 Å². The van der Waals surface area contributed by atoms with Crippen molar-refractivity contribution < 1.29 is 102 Å². The molecule has 3 aliphatic rings. The van der Waals surface area contributed by atoms with Crippen molar-refractivity contribution >= 4 is 107 Å². The number of benzene rings is 2. The van der Waals surface area contributed by atoms with Crippen LogP contribution < -0.4 is 70.4 Å². The van der Waals surface area contributed by atoms with E-state index in [0.29, 0.717) is 11.1 Å². The number of aromatic hydroxyl groups is 1. The zero-order chi connectivity index (χ0) is 71.6. The number of aliphatic hydroxyl groups excluding tert-OH is 1. The number of carboxylic acid groups (broad SMARTS) is 2. The summed E-state index contributed by atoms with van der Waals surface area (Å²) in [6, 6.07) is -7.33. The lowest BCUT2D eigenvalue weighted by Crippen LogP contribution is -2.62. The van der Waals surface area contributed by atoms with Crippen molar-refractivity contribution in [3.63, 3.8) is 0 Å². The van der Waals surface area contributed by atoms with E-state index in [0.717, 1.165) is 11.8 Å². The SMILES string of the molecule is CSCC[C@@H]1NC(=O)[C@H](CCCN=C(N)N)NC(=O)C(NC(=O)C(C)NC(=O)[C@@H](N)Cc2ccccc2)C(C)OC(=O)C[C@@H]2NC(=O)[C@H](COC(=O)C[C@@H](C(=O)N[C@@H](CCC(=O)O)C(=O)O)NC(=O)[C@H](CO)NC2=O)NC(=O)[C@@H]2CCCN2C(=O)[C@H](Cc2ccc(O)cc2)NC1=O. The van der Waals surface area contributed by atoms with Crippen LogP contribution in [-0.2, 0) is 94.2 Å². The number of nitrogens with one attached hydrogen (secondary N) is 10. The van der Waals surface area contributed by atoms with Crippen LogP contribution in [0.4, 0.5) is 0 Å². The van der Waals surface area contributed by atoms with Crippen molar-refractivity contribution in [2.45, 2.75) is 163 Å². The van der Waals surface area contributed by atoms with Crippen molar-refractivity contribution in [2.24, 2.45) is 22.2 Å². The van der Waals surface area contributed by atoms with Gasteiger partial charge in [0.2, 0.25) is 65.0 Å². The second kappa shape index (κ2) is 37.8. The molecule has 5 rings (SSSR count). The molecule has 36 nitrogen and oxygen atoms in total. The van der Waals surface area contributed by atoms with Crippen LogP contribution in [-0.4, -0.2) is 237 Å². The van der Waals surface area contributed by atoms with Gasteiger partial charge in [-0.05, 0) is 94.1 Å². The van der Waals surface area contributed by atoms with Gasteiger partial charge in [0.25, 0.3) is 0 Å². The van der Waals surface area contributed by atoms with Gasteiger partial charge in [0.1, 0.15) is 84.9 Å². The first kappa shape index (κ1) is 77.5. The Labute approximate surface area is 559 Å². The first-order valence-corrected chi connectivity index (χ1v) is 32.2. The fraction of sp³-hybridized carbons (Fsp3) is 0.533. The number of cyclic esters (lactones) is 2. The van der Waals surface area contributed by atoms with Crippen LogP contribution in [0.3, 0.4) is 0 Å². The number of guanidine groups is 1. The number of carbonyl (C=O) groups excluding carboxylic acids is 13. The minimum atomic E-state index is -2.25. The monoisotopic (exact) mass is 1380 g/mol. The summed E-state index contributed by atoms with van der Waals surface area (Å²) in [5.74, 6) is -19.2. The van der Waals surface area contributed by atoms with Crippen molar-refractivity contribution in [1.82, 2.24) is 58.1 Å². The number of ether oxygens (including phenoxy) is 2. The maximum absolute atomic E-state index is 15.0. The molecule has 3 heterocycles. The molecule has 20 N–H and O–H groups in total. The molecule has 11 amide bonds. The van der Waals surface area contributed by atoms with E-state index in [2.05, 4.69) is 52.8 Å². The van der Waals surface area contributed by atoms with E-state index in [1.165, 1.54) is 43.0 Å². The molecule has 0 aromatic heterocycles. The lowest BCUT2D eigenvalue weighted by Gasteiger charge is -2.31. The highest BCUT2D eigenvalue weighted by Crippen LogP contribution is 2.22. The molecule has 0 spiro atoms. The van der Waals surface area contributed by atoms with Crippen LogP contribution in [0, 0.1) is 0 Å². The zero-order valence-corrected chi connectivity index (χ0v) is 54.1. The number of aliphatic hydroxyl groups is 1. The normalized spacial score (nSPS) is 24.5. The molecule has 3 saturated heterocycles. The number of aliphatic carboxylic acids is 2. The summed E-state index contributed by atoms with van der Waals surface area (Å²) in [5.41, 5.74) is 18.4. The zero-order valence-electron chi connectivity index (χ0n) is 53.3. The number of fused-ring (bicyclic) bond motifs is 4. The molecule has 0 radical (unpaired) electrons. The minimum absolute atomic E-state index is 0.0316. The van der Waals surface area contributed by atoms with Crippen LogP contribution in [0.2, 0.25) is 0 Å². The van der Waals surface area contributed by atoms with Crippen LogP contribution >= 0.6 is 11.8 Å². The van der Waals surface area contributed by atoms with Crippen molar-refractivity contribution in [3.05, 3.63) is 65.7 Å². The van der Waals surface area contributed by atoms with Gasteiger partial charge in [-0.25, -0.2) is 4.79 Å². The first-order chi connectivity index (χ1) is 46.0. The Morgan fingerprint density at radius 1 is 0.722 bits per heavy atom. The number of nitrogens with two attached hydrogens (primary N) is 3. The number of thioether (sulfide) groups is 1. The smallest absolute Gasteiger partial charge is 0.326 e. The lowest BCUT2D eigenvalue weighted by atomic mass is 10.0. The van der Waals surface area contributed by atoms with Gasteiger partial charge < -0.3 is 105 Å². The van der Waals surface area contributed by atoms with Crippen molar-refractivity contribution in [1.29, 1.82) is 0 Å². The molecule has 530 valence electrons. The van der Waals surface area contributed by atoms with E-state index < -0.39 is 206 Å². The third kappa shape index (κ3) is 24.5. The number of rotatable bonds is 22. The van der Waals surface area contributed by atoms with E-state index in [9.17, 15) is 87.5 Å². The molecule has 3 fully saturated rings. The second-order valence-corrected chi connectivity index (χ2v) is 24.0. The average molecular weight is 1380 g/mol. The Balaban J connectivity index is 1.65. The number of esters is 2. The number of hydrogen-bond donors (Lipinski definition) is 17. The van der Waals surface area contributed by atoms with E-state index in [1.807, 2.05) is 5.32 Å². The molecule has 3 unspecified atom stereocenters. The van der Waals surface area contributed by atoms with Gasteiger partial charge in [0.15, 0.2) is 5.96 Å². The molecule has 0 aliphatic carbocycles. The number of nitrogens with zero attached hydrogens (tertiary/aromatic N) is 2. The predicted molar refractivity (Wildman–Crippen MR) is 340 cm³/mol. The summed E-state index contributed by atoms with van der Waals surface area (Å²) in [6.07, 6.45) is -4.71. The summed E-state index contributed by atoms with van der Waals surface area (Å²) in [7, 11) is 0. The second-order valence-electron chi connectivity index (χ2n) is 23.0. The third-order valence-electron chi connectivity index (χ3n) is 15.5. The molecule has 13 atom stereocenters. The van der Waals surface area contributed by atoms with Crippen molar-refractivity contribution in [3.8, 4) is 5.75 Å². The van der Waals surface area contributed by atoms with Gasteiger partial charge in [-0.1, -0.05) is 42.5 Å². The molecule has 2 aromatic carbocycles. The molecule has 97 heavy (non-hydrogen) atoms. The Morgan fingerprint density at radius 3 is 1.98 bits per heavy atom. The molecule has 2 aromatic rings. The van der Waals surface area contributed by atoms with Gasteiger partial charge in [-0.2, -0.15) is 11.8 Å². The van der Waals surface area contributed by atoms with Crippen LogP contribution in [0.5, 0.6) is 5.75 Å². The number of hydrogen-bond acceptors (Lipinski definition) is 22. The largest absolute Gasteiger partial charge is 0.508 e. The number of aliphatic imine (C=N–C) groups is 1. The summed E-state index contributed by atoms with van der Waals surface area (Å²) >= 11 is 1.27. The van der Waals surface area contributed by atoms with E-state index in [-0.39, 0.29) is 75.5 Å². The topological polar surface area (TPSA) is 569 Å². The van der Waals surface area contributed by atoms with Gasteiger partial charge >= 0.3 is 23.9 Å². The number of carbonyl (C=O) groups is 15. The Hall–Kier alpha value is -10.2. The van der Waals surface area contributed by atoms with Gasteiger partial charge in [0, 0.05) is 25.9 Å². The summed E-state index contributed by atoms with van der Waals surface area (Å²) in [4.78, 5) is 215. The summed E-state index contributed by atoms with van der Waals surface area (Å²) in [5, 5.41) is 63.1. The van der Waals surface area contributed by atoms with E-state index in [4.69, 9.17) is 26.7 Å². The number of carboxylic acids is 2. The maximum atomic E-state index is 15.0. The molecule has 3 aliphatic heterocycles. The quantitative estimate of drug-likeness (QED) is 0.0226. The van der Waals surface area contributed by atoms with Crippen LogP contribution in [0.25, 0.3) is 0 Å². The summed E-state index contributed by atoms with van der Waals surface area (Å²) in [6.45, 7) is -0.448. The number of phenolic OH excluding ortho intramolecular Hbond substituents is 1. The number of phenols is 1. The predicted octanol–water partition coefficient (Wildman–Crippen LogP) is -6.61. The number of amides is 11.